The molecular formula is C33H44Cl2N4O6. The third-order valence-electron chi connectivity index (χ3n) is 8.06. The van der Waals surface area contributed by atoms with Gasteiger partial charge in [0.25, 0.3) is 5.91 Å². The van der Waals surface area contributed by atoms with E-state index in [2.05, 4.69) is 10.6 Å². The van der Waals surface area contributed by atoms with Crippen molar-refractivity contribution in [3.8, 4) is 0 Å². The Balaban J connectivity index is 1.64. The molecule has 0 unspecified atom stereocenters. The average molecular weight is 664 g/mol. The Bertz CT molecular complexity index is 1290. The van der Waals surface area contributed by atoms with Crippen LogP contribution in [0.1, 0.15) is 62.5 Å². The van der Waals surface area contributed by atoms with Crippen LogP contribution in [-0.4, -0.2) is 73.6 Å². The highest BCUT2D eigenvalue weighted by molar-refractivity contribution is 6.30. The number of nitrogens with one attached hydrogen (secondary N) is 2. The fraction of sp³-hybridized carbons (Fsp3) is 0.515. The zero-order chi connectivity index (χ0) is 32.8. The number of alkyl carbamates (subject to hydrolysis) is 1. The van der Waals surface area contributed by atoms with Gasteiger partial charge in [-0.1, -0.05) is 79.6 Å². The minimum atomic E-state index is -1.05. The molecule has 2 aromatic rings. The minimum Gasteiger partial charge on any atom is -0.445 e. The van der Waals surface area contributed by atoms with Gasteiger partial charge in [-0.2, -0.15) is 0 Å². The number of hydrogen-bond acceptors (Lipinski definition) is 6. The Morgan fingerprint density at radius 2 is 1.56 bits per heavy atom. The summed E-state index contributed by atoms with van der Waals surface area (Å²) < 4.78 is 5.39. The molecule has 10 nitrogen and oxygen atoms in total. The summed E-state index contributed by atoms with van der Waals surface area (Å²) in [4.78, 5) is 59.3. The summed E-state index contributed by atoms with van der Waals surface area (Å²) in [5.41, 5.74) is 1.72. The van der Waals surface area contributed by atoms with Gasteiger partial charge in [0.2, 0.25) is 11.8 Å². The van der Waals surface area contributed by atoms with Crippen LogP contribution in [0.4, 0.5) is 4.79 Å². The molecule has 0 spiro atoms. The number of rotatable bonds is 15. The van der Waals surface area contributed by atoms with Crippen LogP contribution >= 0.6 is 23.2 Å². The summed E-state index contributed by atoms with van der Waals surface area (Å²) in [7, 11) is 4.48. The molecule has 2 atom stereocenters. The van der Waals surface area contributed by atoms with E-state index in [1.54, 1.807) is 42.3 Å². The van der Waals surface area contributed by atoms with Crippen LogP contribution < -0.4 is 10.6 Å². The van der Waals surface area contributed by atoms with Gasteiger partial charge >= 0.3 is 6.09 Å². The third-order valence-corrected chi connectivity index (χ3v) is 8.53. The highest BCUT2D eigenvalue weighted by Gasteiger charge is 2.31. The van der Waals surface area contributed by atoms with Gasteiger partial charge in [0, 0.05) is 37.1 Å². The molecule has 1 aliphatic rings. The highest BCUT2D eigenvalue weighted by atomic mass is 35.5. The van der Waals surface area contributed by atoms with E-state index in [9.17, 15) is 19.2 Å². The molecule has 1 saturated carbocycles. The van der Waals surface area contributed by atoms with Crippen molar-refractivity contribution in [1.29, 1.82) is 0 Å². The zero-order valence-electron chi connectivity index (χ0n) is 26.2. The van der Waals surface area contributed by atoms with Crippen LogP contribution in [0.15, 0.2) is 48.5 Å². The summed E-state index contributed by atoms with van der Waals surface area (Å²) >= 11 is 12.1. The van der Waals surface area contributed by atoms with Crippen LogP contribution in [0.2, 0.25) is 10.0 Å². The number of hydroxylamine groups is 2. The van der Waals surface area contributed by atoms with Gasteiger partial charge in [-0.25, -0.2) is 9.86 Å². The number of benzene rings is 2. The molecule has 45 heavy (non-hydrogen) atoms. The SMILES string of the molecule is CON(C)C(=O)[C@H](CCC(=O)N(C)CCc1cccc(Cl)c1)NC(=O)[C@H](CC1CCCCC1)NC(=O)OCc1cccc(Cl)c1. The van der Waals surface area contributed by atoms with Crippen molar-refractivity contribution in [1.82, 2.24) is 20.6 Å². The molecule has 0 aliphatic heterocycles. The standard InChI is InChI=1S/C33H44Cl2N4O6/c1-38(18-17-24-11-7-13-26(34)19-24)30(40)16-15-28(32(42)39(2)44-3)36-31(41)29(21-23-9-5-4-6-10-23)37-33(43)45-22-25-12-8-14-27(35)20-25/h7-8,11-14,19-20,23,28-29H,4-6,9-10,15-18,21-22H2,1-3H3,(H,36,41)(H,37,43)/t28-,29-/m0/s1. The molecular weight excluding hydrogens is 619 g/mol. The number of hydrogen-bond donors (Lipinski definition) is 2. The van der Waals surface area contributed by atoms with Gasteiger partial charge < -0.3 is 20.3 Å². The average Bonchev–Trinajstić information content (AvgIpc) is 3.03. The monoisotopic (exact) mass is 662 g/mol. The maximum Gasteiger partial charge on any atom is 0.408 e. The van der Waals surface area contributed by atoms with Crippen LogP contribution in [0.25, 0.3) is 0 Å². The summed E-state index contributed by atoms with van der Waals surface area (Å²) in [6.45, 7) is 0.448. The second kappa shape index (κ2) is 18.6. The van der Waals surface area contributed by atoms with Crippen molar-refractivity contribution in [2.75, 3.05) is 27.7 Å². The molecule has 12 heteroatoms. The van der Waals surface area contributed by atoms with Crippen molar-refractivity contribution in [3.63, 3.8) is 0 Å². The lowest BCUT2D eigenvalue weighted by Gasteiger charge is -2.29. The molecule has 3 rings (SSSR count). The van der Waals surface area contributed by atoms with E-state index in [0.717, 1.165) is 42.7 Å². The summed E-state index contributed by atoms with van der Waals surface area (Å²) in [6, 6.07) is 12.4. The first-order chi connectivity index (χ1) is 21.5. The number of nitrogens with zero attached hydrogens (tertiary/aromatic N) is 2. The lowest BCUT2D eigenvalue weighted by atomic mass is 9.84. The number of ether oxygens (including phenoxy) is 1. The van der Waals surface area contributed by atoms with Crippen molar-refractivity contribution in [3.05, 3.63) is 69.7 Å². The maximum absolute atomic E-state index is 13.6. The Kier molecular flexibility index (Phi) is 14.9. The van der Waals surface area contributed by atoms with E-state index in [0.29, 0.717) is 35.0 Å². The summed E-state index contributed by atoms with van der Waals surface area (Å²) in [5, 5.41) is 7.66. The molecule has 1 fully saturated rings. The molecule has 0 heterocycles. The topological polar surface area (TPSA) is 117 Å². The van der Waals surface area contributed by atoms with Crippen molar-refractivity contribution < 1.29 is 28.8 Å². The molecule has 0 aromatic heterocycles. The van der Waals surface area contributed by atoms with Crippen LogP contribution in [-0.2, 0) is 37.0 Å². The third kappa shape index (κ3) is 12.5. The number of halogens is 2. The van der Waals surface area contributed by atoms with E-state index in [-0.39, 0.29) is 31.3 Å². The van der Waals surface area contributed by atoms with E-state index >= 15 is 0 Å². The molecule has 0 bridgehead atoms. The Hall–Kier alpha value is -3.34. The Morgan fingerprint density at radius 1 is 0.911 bits per heavy atom. The van der Waals surface area contributed by atoms with E-state index in [1.165, 1.54) is 14.2 Å². The van der Waals surface area contributed by atoms with Crippen molar-refractivity contribution in [2.45, 2.75) is 76.5 Å². The molecule has 2 N–H and O–H groups in total. The van der Waals surface area contributed by atoms with Crippen LogP contribution in [0.3, 0.4) is 0 Å². The summed E-state index contributed by atoms with van der Waals surface area (Å²) in [5.74, 6) is -0.969. The van der Waals surface area contributed by atoms with Crippen molar-refractivity contribution in [2.24, 2.45) is 5.92 Å². The highest BCUT2D eigenvalue weighted by Crippen LogP contribution is 2.27. The molecule has 1 aliphatic carbocycles. The zero-order valence-corrected chi connectivity index (χ0v) is 27.7. The Morgan fingerprint density at radius 3 is 2.20 bits per heavy atom. The van der Waals surface area contributed by atoms with Gasteiger partial charge in [-0.15, -0.1) is 0 Å². The quantitative estimate of drug-likeness (QED) is 0.242. The summed E-state index contributed by atoms with van der Waals surface area (Å²) in [6.07, 6.45) is 5.51. The fourth-order valence-electron chi connectivity index (χ4n) is 5.36. The van der Waals surface area contributed by atoms with Crippen LogP contribution in [0, 0.1) is 5.92 Å². The predicted molar refractivity (Wildman–Crippen MR) is 173 cm³/mol. The minimum absolute atomic E-state index is 0.0166. The van der Waals surface area contributed by atoms with E-state index in [1.807, 2.05) is 18.2 Å². The lowest BCUT2D eigenvalue weighted by Crippen LogP contribution is -2.54. The van der Waals surface area contributed by atoms with Gasteiger partial charge in [-0.05, 0) is 60.6 Å². The first-order valence-electron chi connectivity index (χ1n) is 15.3. The first kappa shape index (κ1) is 36.1. The fourth-order valence-corrected chi connectivity index (χ4v) is 5.78. The number of likely N-dealkylation sites (N-methyl/N-ethyl adjacent to an activating group) is 2. The Labute approximate surface area is 275 Å². The van der Waals surface area contributed by atoms with Gasteiger partial charge in [0.15, 0.2) is 0 Å². The molecule has 246 valence electrons. The smallest absolute Gasteiger partial charge is 0.408 e. The molecule has 0 radical (unpaired) electrons. The molecule has 0 saturated heterocycles. The van der Waals surface area contributed by atoms with Crippen molar-refractivity contribution >= 4 is 47.0 Å². The van der Waals surface area contributed by atoms with Crippen LogP contribution in [0.5, 0.6) is 0 Å². The first-order valence-corrected chi connectivity index (χ1v) is 16.1. The molecule has 4 amide bonds. The largest absolute Gasteiger partial charge is 0.445 e. The number of carbonyl (C=O) groups is 4. The number of amides is 4. The second-order valence-corrected chi connectivity index (χ2v) is 12.3. The van der Waals surface area contributed by atoms with E-state index < -0.39 is 30.0 Å². The van der Waals surface area contributed by atoms with Gasteiger partial charge in [0.05, 0.1) is 7.11 Å². The maximum atomic E-state index is 13.6. The van der Waals surface area contributed by atoms with Gasteiger partial charge in [-0.3, -0.25) is 19.2 Å². The lowest BCUT2D eigenvalue weighted by molar-refractivity contribution is -0.172. The van der Waals surface area contributed by atoms with Gasteiger partial charge in [0.1, 0.15) is 18.7 Å². The number of carbonyl (C=O) groups excluding carboxylic acids is 4. The van der Waals surface area contributed by atoms with E-state index in [4.69, 9.17) is 32.8 Å². The normalized spacial score (nSPS) is 14.6. The second-order valence-electron chi connectivity index (χ2n) is 11.5. The predicted octanol–water partition coefficient (Wildman–Crippen LogP) is 5.54. The molecule has 2 aromatic carbocycles.